The third-order valence-corrected chi connectivity index (χ3v) is 4.12. The number of H-pyrrole nitrogens is 1. The lowest BCUT2D eigenvalue weighted by Gasteiger charge is -2.16. The number of aryl methyl sites for hydroxylation is 1. The van der Waals surface area contributed by atoms with Crippen molar-refractivity contribution in [3.8, 4) is 17.0 Å². The Kier molecular flexibility index (Phi) is 4.83. The second-order valence-electron chi connectivity index (χ2n) is 5.71. The van der Waals surface area contributed by atoms with Gasteiger partial charge in [0.2, 0.25) is 0 Å². The van der Waals surface area contributed by atoms with Crippen molar-refractivity contribution in [2.45, 2.75) is 19.4 Å². The molecule has 0 saturated heterocycles. The molecule has 0 fully saturated rings. The van der Waals surface area contributed by atoms with E-state index in [0.717, 1.165) is 23.4 Å². The standard InChI is InChI=1S/C18H21N5O2/c1-4-14(17-8-9-19-23(17)2)20-18(24)16-11-15(21-22-16)12-6-5-7-13(10-12)25-3/h5-11,14H,4H2,1-3H3,(H,20,24)(H,21,22)/t14-/m0/s1. The first-order valence-electron chi connectivity index (χ1n) is 8.11. The SMILES string of the molecule is CC[C@H](NC(=O)c1cc(-c2cccc(OC)c2)n[nH]1)c1ccnn1C. The molecular weight excluding hydrogens is 318 g/mol. The third-order valence-electron chi connectivity index (χ3n) is 4.12. The number of amides is 1. The van der Waals surface area contributed by atoms with Gasteiger partial charge in [-0.25, -0.2) is 0 Å². The summed E-state index contributed by atoms with van der Waals surface area (Å²) in [6.45, 7) is 2.02. The molecular formula is C18H21N5O2. The molecule has 0 saturated carbocycles. The Morgan fingerprint density at radius 2 is 2.20 bits per heavy atom. The molecule has 3 aromatic rings. The highest BCUT2D eigenvalue weighted by molar-refractivity contribution is 5.93. The smallest absolute Gasteiger partial charge is 0.269 e. The van der Waals surface area contributed by atoms with E-state index in [2.05, 4.69) is 20.6 Å². The minimum absolute atomic E-state index is 0.108. The Morgan fingerprint density at radius 3 is 2.88 bits per heavy atom. The van der Waals surface area contributed by atoms with Gasteiger partial charge in [-0.15, -0.1) is 0 Å². The molecule has 2 N–H and O–H groups in total. The minimum atomic E-state index is -0.199. The fourth-order valence-corrected chi connectivity index (χ4v) is 2.72. The molecule has 1 aromatic carbocycles. The molecule has 7 nitrogen and oxygen atoms in total. The molecule has 1 atom stereocenters. The van der Waals surface area contributed by atoms with Crippen LogP contribution in [0.25, 0.3) is 11.3 Å². The molecule has 25 heavy (non-hydrogen) atoms. The highest BCUT2D eigenvalue weighted by Gasteiger charge is 2.18. The first-order chi connectivity index (χ1) is 12.1. The number of nitrogens with zero attached hydrogens (tertiary/aromatic N) is 3. The molecule has 0 spiro atoms. The summed E-state index contributed by atoms with van der Waals surface area (Å²) in [5.41, 5.74) is 2.95. The average Bonchev–Trinajstić information content (AvgIpc) is 3.29. The van der Waals surface area contributed by atoms with Gasteiger partial charge in [-0.3, -0.25) is 14.6 Å². The van der Waals surface area contributed by atoms with Gasteiger partial charge in [-0.05, 0) is 30.7 Å². The fraction of sp³-hybridized carbons (Fsp3) is 0.278. The van der Waals surface area contributed by atoms with Crippen molar-refractivity contribution in [1.82, 2.24) is 25.3 Å². The molecule has 3 rings (SSSR count). The topological polar surface area (TPSA) is 84.8 Å². The zero-order chi connectivity index (χ0) is 17.8. The summed E-state index contributed by atoms with van der Waals surface area (Å²) >= 11 is 0. The van der Waals surface area contributed by atoms with E-state index < -0.39 is 0 Å². The number of nitrogens with one attached hydrogen (secondary N) is 2. The van der Waals surface area contributed by atoms with E-state index in [4.69, 9.17) is 4.74 Å². The van der Waals surface area contributed by atoms with Crippen molar-refractivity contribution < 1.29 is 9.53 Å². The number of hydrogen-bond acceptors (Lipinski definition) is 4. The van der Waals surface area contributed by atoms with Gasteiger partial charge in [0, 0.05) is 18.8 Å². The van der Waals surface area contributed by atoms with Crippen LogP contribution < -0.4 is 10.1 Å². The van der Waals surface area contributed by atoms with E-state index in [0.29, 0.717) is 11.4 Å². The Balaban J connectivity index is 1.77. The van der Waals surface area contributed by atoms with Gasteiger partial charge in [0.1, 0.15) is 11.4 Å². The van der Waals surface area contributed by atoms with E-state index >= 15 is 0 Å². The molecule has 0 aliphatic rings. The Bertz CT molecular complexity index is 868. The van der Waals surface area contributed by atoms with Crippen LogP contribution >= 0.6 is 0 Å². The van der Waals surface area contributed by atoms with Gasteiger partial charge in [-0.2, -0.15) is 10.2 Å². The molecule has 0 radical (unpaired) electrons. The summed E-state index contributed by atoms with van der Waals surface area (Å²) in [4.78, 5) is 12.6. The van der Waals surface area contributed by atoms with Crippen LogP contribution in [-0.4, -0.2) is 33.0 Å². The number of benzene rings is 1. The van der Waals surface area contributed by atoms with Crippen molar-refractivity contribution in [3.05, 3.63) is 54.0 Å². The Labute approximate surface area is 146 Å². The van der Waals surface area contributed by atoms with Crippen molar-refractivity contribution in [1.29, 1.82) is 0 Å². The van der Waals surface area contributed by atoms with Crippen LogP contribution in [0, 0.1) is 0 Å². The van der Waals surface area contributed by atoms with E-state index in [1.165, 1.54) is 0 Å². The highest BCUT2D eigenvalue weighted by Crippen LogP contribution is 2.23. The molecule has 1 amide bonds. The van der Waals surface area contributed by atoms with E-state index in [9.17, 15) is 4.79 Å². The Hall–Kier alpha value is -3.09. The molecule has 130 valence electrons. The number of aromatic amines is 1. The van der Waals surface area contributed by atoms with Gasteiger partial charge in [0.15, 0.2) is 0 Å². The van der Waals surface area contributed by atoms with Gasteiger partial charge < -0.3 is 10.1 Å². The summed E-state index contributed by atoms with van der Waals surface area (Å²) in [6, 6.07) is 11.1. The van der Waals surface area contributed by atoms with Crippen LogP contribution in [0.5, 0.6) is 5.75 Å². The molecule has 0 unspecified atom stereocenters. The number of rotatable bonds is 6. The van der Waals surface area contributed by atoms with E-state index in [1.807, 2.05) is 44.3 Å². The molecule has 7 heteroatoms. The number of hydrogen-bond donors (Lipinski definition) is 2. The summed E-state index contributed by atoms with van der Waals surface area (Å²) in [5.74, 6) is 0.545. The summed E-state index contributed by atoms with van der Waals surface area (Å²) < 4.78 is 6.99. The largest absolute Gasteiger partial charge is 0.497 e. The second kappa shape index (κ2) is 7.21. The highest BCUT2D eigenvalue weighted by atomic mass is 16.5. The van der Waals surface area contributed by atoms with Crippen LogP contribution in [0.1, 0.15) is 35.6 Å². The number of ether oxygens (including phenoxy) is 1. The minimum Gasteiger partial charge on any atom is -0.497 e. The zero-order valence-corrected chi connectivity index (χ0v) is 14.5. The predicted molar refractivity (Wildman–Crippen MR) is 94.3 cm³/mol. The van der Waals surface area contributed by atoms with E-state index in [-0.39, 0.29) is 11.9 Å². The molecule has 2 aromatic heterocycles. The molecule has 2 heterocycles. The second-order valence-corrected chi connectivity index (χ2v) is 5.71. The summed E-state index contributed by atoms with van der Waals surface area (Å²) in [5, 5.41) is 14.2. The van der Waals surface area contributed by atoms with Gasteiger partial charge in [0.05, 0.1) is 24.5 Å². The van der Waals surface area contributed by atoms with Crippen LogP contribution in [0.2, 0.25) is 0 Å². The van der Waals surface area contributed by atoms with Crippen LogP contribution in [-0.2, 0) is 7.05 Å². The van der Waals surface area contributed by atoms with Crippen LogP contribution in [0.4, 0.5) is 0 Å². The van der Waals surface area contributed by atoms with Crippen LogP contribution in [0.3, 0.4) is 0 Å². The monoisotopic (exact) mass is 339 g/mol. The van der Waals surface area contributed by atoms with Gasteiger partial charge >= 0.3 is 0 Å². The van der Waals surface area contributed by atoms with Gasteiger partial charge in [0.25, 0.3) is 5.91 Å². The van der Waals surface area contributed by atoms with Crippen molar-refractivity contribution in [2.75, 3.05) is 7.11 Å². The van der Waals surface area contributed by atoms with Crippen molar-refractivity contribution in [2.24, 2.45) is 7.05 Å². The van der Waals surface area contributed by atoms with Crippen molar-refractivity contribution in [3.63, 3.8) is 0 Å². The molecule has 0 aliphatic carbocycles. The molecule has 0 aliphatic heterocycles. The fourth-order valence-electron chi connectivity index (χ4n) is 2.72. The lowest BCUT2D eigenvalue weighted by Crippen LogP contribution is -2.29. The lowest BCUT2D eigenvalue weighted by atomic mass is 10.1. The quantitative estimate of drug-likeness (QED) is 0.723. The Morgan fingerprint density at radius 1 is 1.36 bits per heavy atom. The first kappa shape index (κ1) is 16.8. The average molecular weight is 339 g/mol. The maximum atomic E-state index is 12.6. The lowest BCUT2D eigenvalue weighted by molar-refractivity contribution is 0.0929. The number of carbonyl (C=O) groups excluding carboxylic acids is 1. The third kappa shape index (κ3) is 3.55. The number of aromatic nitrogens is 4. The zero-order valence-electron chi connectivity index (χ0n) is 14.5. The summed E-state index contributed by atoms with van der Waals surface area (Å²) in [6.07, 6.45) is 2.49. The number of carbonyl (C=O) groups is 1. The normalized spacial score (nSPS) is 12.0. The molecule has 0 bridgehead atoms. The van der Waals surface area contributed by atoms with Crippen molar-refractivity contribution >= 4 is 5.91 Å². The summed E-state index contributed by atoms with van der Waals surface area (Å²) in [7, 11) is 3.48. The van der Waals surface area contributed by atoms with E-state index in [1.54, 1.807) is 24.1 Å². The number of methoxy groups -OCH3 is 1. The van der Waals surface area contributed by atoms with Crippen LogP contribution in [0.15, 0.2) is 42.6 Å². The predicted octanol–water partition coefficient (Wildman–Crippen LogP) is 2.70. The maximum absolute atomic E-state index is 12.6. The first-order valence-corrected chi connectivity index (χ1v) is 8.11. The van der Waals surface area contributed by atoms with Gasteiger partial charge in [-0.1, -0.05) is 19.1 Å². The maximum Gasteiger partial charge on any atom is 0.269 e.